The van der Waals surface area contributed by atoms with Crippen LogP contribution in [0.25, 0.3) is 0 Å². The van der Waals surface area contributed by atoms with Gasteiger partial charge < -0.3 is 11.1 Å². The zero-order chi connectivity index (χ0) is 13.2. The fourth-order valence-corrected chi connectivity index (χ4v) is 3.02. The lowest BCUT2D eigenvalue weighted by atomic mass is 9.84. The summed E-state index contributed by atoms with van der Waals surface area (Å²) in [6.45, 7) is 0.628. The smallest absolute Gasteiger partial charge is 0.251 e. The molecule has 1 saturated carbocycles. The number of nitrogens with two attached hydrogens (primary N) is 1. The fourth-order valence-electron chi connectivity index (χ4n) is 2.11. The van der Waals surface area contributed by atoms with Gasteiger partial charge in [0.1, 0.15) is 5.82 Å². The number of rotatable bonds is 4. The summed E-state index contributed by atoms with van der Waals surface area (Å²) in [4.78, 5) is 11.9. The third-order valence-electron chi connectivity index (χ3n) is 3.45. The summed E-state index contributed by atoms with van der Waals surface area (Å²) in [6, 6.07) is 3.90. The zero-order valence-electron chi connectivity index (χ0n) is 10.3. The average Bonchev–Trinajstić information content (AvgIpc) is 2.26. The van der Waals surface area contributed by atoms with Crippen LogP contribution in [0.5, 0.6) is 0 Å². The SMILES string of the molecule is CSC1(CNC(=O)c2cc(N)cc(F)c2)CCC1. The molecule has 1 amide bonds. The van der Waals surface area contributed by atoms with Gasteiger partial charge in [0.15, 0.2) is 0 Å². The quantitative estimate of drug-likeness (QED) is 0.825. The molecule has 0 saturated heterocycles. The molecule has 2 rings (SSSR count). The third-order valence-corrected chi connectivity index (χ3v) is 4.87. The van der Waals surface area contributed by atoms with Gasteiger partial charge in [-0.15, -0.1) is 0 Å². The Morgan fingerprint density at radius 1 is 1.50 bits per heavy atom. The van der Waals surface area contributed by atoms with E-state index in [0.717, 1.165) is 12.8 Å². The van der Waals surface area contributed by atoms with Gasteiger partial charge in [0, 0.05) is 22.5 Å². The Hall–Kier alpha value is -1.23. The molecule has 0 aliphatic heterocycles. The molecule has 0 spiro atoms. The van der Waals surface area contributed by atoms with Crippen molar-refractivity contribution >= 4 is 23.4 Å². The second-order valence-electron chi connectivity index (χ2n) is 4.70. The molecule has 98 valence electrons. The van der Waals surface area contributed by atoms with E-state index in [0.29, 0.717) is 6.54 Å². The number of carbonyl (C=O) groups is 1. The van der Waals surface area contributed by atoms with Crippen LogP contribution in [0.15, 0.2) is 18.2 Å². The van der Waals surface area contributed by atoms with E-state index in [1.54, 1.807) is 11.8 Å². The van der Waals surface area contributed by atoms with Crippen LogP contribution in [0.2, 0.25) is 0 Å². The Morgan fingerprint density at radius 2 is 2.22 bits per heavy atom. The van der Waals surface area contributed by atoms with Crippen LogP contribution in [0.3, 0.4) is 0 Å². The van der Waals surface area contributed by atoms with E-state index in [9.17, 15) is 9.18 Å². The first-order chi connectivity index (χ1) is 8.54. The number of amides is 1. The van der Waals surface area contributed by atoms with Crippen LogP contribution in [0.4, 0.5) is 10.1 Å². The largest absolute Gasteiger partial charge is 0.399 e. The number of benzene rings is 1. The van der Waals surface area contributed by atoms with E-state index in [4.69, 9.17) is 5.73 Å². The highest BCUT2D eigenvalue weighted by atomic mass is 32.2. The number of thioether (sulfide) groups is 1. The highest BCUT2D eigenvalue weighted by Crippen LogP contribution is 2.42. The van der Waals surface area contributed by atoms with Crippen LogP contribution in [-0.2, 0) is 0 Å². The van der Waals surface area contributed by atoms with Gasteiger partial charge in [-0.1, -0.05) is 6.42 Å². The molecule has 0 radical (unpaired) electrons. The third kappa shape index (κ3) is 2.77. The second-order valence-corrected chi connectivity index (χ2v) is 5.97. The lowest BCUT2D eigenvalue weighted by Gasteiger charge is -2.40. The van der Waals surface area contributed by atoms with Crippen LogP contribution in [0, 0.1) is 5.82 Å². The van der Waals surface area contributed by atoms with Gasteiger partial charge in [-0.2, -0.15) is 11.8 Å². The van der Waals surface area contributed by atoms with Gasteiger partial charge in [-0.3, -0.25) is 4.79 Å². The number of nitrogens with one attached hydrogen (secondary N) is 1. The molecule has 1 fully saturated rings. The second kappa shape index (κ2) is 5.18. The first-order valence-electron chi connectivity index (χ1n) is 5.94. The minimum Gasteiger partial charge on any atom is -0.399 e. The number of halogens is 1. The Labute approximate surface area is 110 Å². The van der Waals surface area contributed by atoms with Crippen molar-refractivity contribution in [1.82, 2.24) is 5.32 Å². The normalized spacial score (nSPS) is 17.0. The Balaban J connectivity index is 1.99. The monoisotopic (exact) mass is 268 g/mol. The van der Waals surface area contributed by atoms with Gasteiger partial charge in [-0.25, -0.2) is 4.39 Å². The molecule has 3 nitrogen and oxygen atoms in total. The maximum atomic E-state index is 13.1. The number of anilines is 1. The van der Waals surface area contributed by atoms with E-state index in [2.05, 4.69) is 11.6 Å². The molecule has 5 heteroatoms. The standard InChI is InChI=1S/C13H17FN2OS/c1-18-13(3-2-4-13)8-16-12(17)9-5-10(14)7-11(15)6-9/h5-7H,2-4,8,15H2,1H3,(H,16,17). The maximum Gasteiger partial charge on any atom is 0.251 e. The average molecular weight is 268 g/mol. The number of carbonyl (C=O) groups excluding carboxylic acids is 1. The predicted octanol–water partition coefficient (Wildman–Crippen LogP) is 2.42. The molecule has 1 aliphatic carbocycles. The Morgan fingerprint density at radius 3 is 2.72 bits per heavy atom. The van der Waals surface area contributed by atoms with Crippen LogP contribution in [-0.4, -0.2) is 23.5 Å². The summed E-state index contributed by atoms with van der Waals surface area (Å²) in [5.74, 6) is -0.745. The maximum absolute atomic E-state index is 13.1. The summed E-state index contributed by atoms with van der Waals surface area (Å²) in [6.07, 6.45) is 5.52. The summed E-state index contributed by atoms with van der Waals surface area (Å²) in [7, 11) is 0. The van der Waals surface area contributed by atoms with Crippen LogP contribution < -0.4 is 11.1 Å². The number of hydrogen-bond acceptors (Lipinski definition) is 3. The summed E-state index contributed by atoms with van der Waals surface area (Å²) in [5.41, 5.74) is 6.07. The highest BCUT2D eigenvalue weighted by molar-refractivity contribution is 8.00. The van der Waals surface area contributed by atoms with E-state index in [1.807, 2.05) is 0 Å². The van der Waals surface area contributed by atoms with Crippen LogP contribution in [0.1, 0.15) is 29.6 Å². The van der Waals surface area contributed by atoms with E-state index < -0.39 is 5.82 Å². The van der Waals surface area contributed by atoms with Crippen molar-refractivity contribution in [3.05, 3.63) is 29.6 Å². The topological polar surface area (TPSA) is 55.1 Å². The summed E-state index contributed by atoms with van der Waals surface area (Å²) >= 11 is 1.79. The molecule has 18 heavy (non-hydrogen) atoms. The van der Waals surface area contributed by atoms with Crippen molar-refractivity contribution in [3.63, 3.8) is 0 Å². The molecule has 0 bridgehead atoms. The van der Waals surface area contributed by atoms with Gasteiger partial charge in [0.2, 0.25) is 0 Å². The van der Waals surface area contributed by atoms with Gasteiger partial charge in [-0.05, 0) is 37.3 Å². The van der Waals surface area contributed by atoms with E-state index >= 15 is 0 Å². The molecule has 1 aliphatic rings. The van der Waals surface area contributed by atoms with Crippen molar-refractivity contribution in [2.45, 2.75) is 24.0 Å². The van der Waals surface area contributed by atoms with Crippen molar-refractivity contribution in [3.8, 4) is 0 Å². The first kappa shape index (κ1) is 13.2. The first-order valence-corrected chi connectivity index (χ1v) is 7.17. The molecule has 0 atom stereocenters. The van der Waals surface area contributed by atoms with Crippen molar-refractivity contribution < 1.29 is 9.18 Å². The molecule has 0 aromatic heterocycles. The minimum absolute atomic E-state index is 0.175. The Kier molecular flexibility index (Phi) is 3.80. The van der Waals surface area contributed by atoms with Crippen molar-refractivity contribution in [2.75, 3.05) is 18.5 Å². The lowest BCUT2D eigenvalue weighted by molar-refractivity contribution is 0.0943. The minimum atomic E-state index is -0.483. The fraction of sp³-hybridized carbons (Fsp3) is 0.462. The summed E-state index contributed by atoms with van der Waals surface area (Å²) in [5, 5.41) is 2.87. The lowest BCUT2D eigenvalue weighted by Crippen LogP contribution is -2.45. The number of hydrogen-bond donors (Lipinski definition) is 2. The molecule has 1 aromatic carbocycles. The van der Waals surface area contributed by atoms with Crippen molar-refractivity contribution in [2.24, 2.45) is 0 Å². The molecular weight excluding hydrogens is 251 g/mol. The number of nitrogen functional groups attached to an aromatic ring is 1. The highest BCUT2D eigenvalue weighted by Gasteiger charge is 2.36. The van der Waals surface area contributed by atoms with Gasteiger partial charge in [0.25, 0.3) is 5.91 Å². The molecule has 0 unspecified atom stereocenters. The van der Waals surface area contributed by atoms with E-state index in [-0.39, 0.29) is 21.9 Å². The molecule has 1 aromatic rings. The van der Waals surface area contributed by atoms with E-state index in [1.165, 1.54) is 24.6 Å². The van der Waals surface area contributed by atoms with Gasteiger partial charge in [0.05, 0.1) is 0 Å². The molecule has 0 heterocycles. The van der Waals surface area contributed by atoms with Crippen molar-refractivity contribution in [1.29, 1.82) is 0 Å². The zero-order valence-corrected chi connectivity index (χ0v) is 11.1. The molecular formula is C13H17FN2OS. The van der Waals surface area contributed by atoms with Crippen LogP contribution >= 0.6 is 11.8 Å². The molecule has 3 N–H and O–H groups in total. The Bertz CT molecular complexity index is 435. The predicted molar refractivity (Wildman–Crippen MR) is 73.2 cm³/mol. The summed E-state index contributed by atoms with van der Waals surface area (Å²) < 4.78 is 13.3. The van der Waals surface area contributed by atoms with Gasteiger partial charge >= 0.3 is 0 Å².